The molecule has 188 valence electrons. The summed E-state index contributed by atoms with van der Waals surface area (Å²) in [5, 5.41) is 2.98. The van der Waals surface area contributed by atoms with Gasteiger partial charge in [0.1, 0.15) is 17.7 Å². The number of nitrogens with zero attached hydrogens (tertiary/aromatic N) is 1. The number of benzene rings is 4. The van der Waals surface area contributed by atoms with Gasteiger partial charge in [-0.25, -0.2) is 8.78 Å². The smallest absolute Gasteiger partial charge is 0.259 e. The minimum Gasteiger partial charge on any atom is -0.324 e. The lowest BCUT2D eigenvalue weighted by Crippen LogP contribution is -2.48. The first-order valence-corrected chi connectivity index (χ1v) is 12.1. The first-order chi connectivity index (χ1) is 17.8. The highest BCUT2D eigenvalue weighted by Crippen LogP contribution is 2.28. The number of anilines is 2. The Kier molecular flexibility index (Phi) is 8.08. The zero-order valence-corrected chi connectivity index (χ0v) is 20.7. The van der Waals surface area contributed by atoms with Gasteiger partial charge in [0.25, 0.3) is 5.91 Å². The van der Waals surface area contributed by atoms with E-state index in [-0.39, 0.29) is 17.7 Å². The molecule has 37 heavy (non-hydrogen) atoms. The largest absolute Gasteiger partial charge is 0.324 e. The Morgan fingerprint density at radius 1 is 0.784 bits per heavy atom. The van der Waals surface area contributed by atoms with Gasteiger partial charge in [-0.1, -0.05) is 60.7 Å². The van der Waals surface area contributed by atoms with E-state index in [1.54, 1.807) is 6.07 Å². The average Bonchev–Trinajstić information content (AvgIpc) is 2.90. The number of carbonyl (C=O) groups excluding carboxylic acids is 2. The highest BCUT2D eigenvalue weighted by atomic mass is 19.1. The van der Waals surface area contributed by atoms with Crippen LogP contribution in [0, 0.1) is 25.5 Å². The van der Waals surface area contributed by atoms with Crippen LogP contribution in [0.1, 0.15) is 33.5 Å². The molecule has 0 aliphatic heterocycles. The molecule has 4 nitrogen and oxygen atoms in total. The summed E-state index contributed by atoms with van der Waals surface area (Å²) in [6.07, 6.45) is 0.718. The summed E-state index contributed by atoms with van der Waals surface area (Å²) >= 11 is 0. The summed E-state index contributed by atoms with van der Waals surface area (Å²) in [6, 6.07) is 25.1. The van der Waals surface area contributed by atoms with Gasteiger partial charge in [0, 0.05) is 11.3 Å². The van der Waals surface area contributed by atoms with Crippen molar-refractivity contribution >= 4 is 23.2 Å². The maximum atomic E-state index is 15.1. The molecule has 0 aliphatic rings. The summed E-state index contributed by atoms with van der Waals surface area (Å²) in [5.74, 6) is -2.17. The van der Waals surface area contributed by atoms with Crippen LogP contribution in [0.25, 0.3) is 0 Å². The van der Waals surface area contributed by atoms with Gasteiger partial charge in [-0.3, -0.25) is 14.5 Å². The van der Waals surface area contributed by atoms with Crippen LogP contribution >= 0.6 is 0 Å². The number of para-hydroxylation sites is 2. The Balaban J connectivity index is 1.79. The van der Waals surface area contributed by atoms with E-state index in [0.29, 0.717) is 12.1 Å². The molecule has 4 aromatic carbocycles. The zero-order chi connectivity index (χ0) is 26.4. The van der Waals surface area contributed by atoms with Crippen molar-refractivity contribution < 1.29 is 18.4 Å². The second-order valence-corrected chi connectivity index (χ2v) is 8.93. The van der Waals surface area contributed by atoms with E-state index in [1.165, 1.54) is 47.4 Å². The highest BCUT2D eigenvalue weighted by molar-refractivity contribution is 6.11. The van der Waals surface area contributed by atoms with Crippen molar-refractivity contribution in [2.45, 2.75) is 32.7 Å². The van der Waals surface area contributed by atoms with E-state index in [1.807, 2.05) is 62.4 Å². The maximum Gasteiger partial charge on any atom is 0.259 e. The van der Waals surface area contributed by atoms with Crippen LogP contribution in [0.3, 0.4) is 0 Å². The number of rotatable bonds is 8. The summed E-state index contributed by atoms with van der Waals surface area (Å²) in [5.41, 5.74) is 3.51. The highest BCUT2D eigenvalue weighted by Gasteiger charge is 2.33. The minimum atomic E-state index is -1.05. The van der Waals surface area contributed by atoms with Gasteiger partial charge in [0.15, 0.2) is 0 Å². The van der Waals surface area contributed by atoms with Crippen LogP contribution in [0.4, 0.5) is 20.2 Å². The molecule has 1 atom stereocenters. The molecule has 0 aromatic heterocycles. The van der Waals surface area contributed by atoms with Crippen LogP contribution in [-0.4, -0.2) is 17.9 Å². The first kappa shape index (κ1) is 25.8. The van der Waals surface area contributed by atoms with Gasteiger partial charge in [-0.05, 0) is 79.8 Å². The maximum absolute atomic E-state index is 15.1. The van der Waals surface area contributed by atoms with Crippen molar-refractivity contribution in [3.63, 3.8) is 0 Å². The van der Waals surface area contributed by atoms with E-state index in [9.17, 15) is 14.0 Å². The van der Waals surface area contributed by atoms with Gasteiger partial charge >= 0.3 is 0 Å². The molecule has 0 aliphatic carbocycles. The van der Waals surface area contributed by atoms with Crippen LogP contribution in [-0.2, 0) is 11.2 Å². The van der Waals surface area contributed by atoms with Crippen LogP contribution in [0.2, 0.25) is 0 Å². The fraction of sp³-hybridized carbons (Fsp3) is 0.161. The Morgan fingerprint density at radius 2 is 1.41 bits per heavy atom. The molecule has 6 heteroatoms. The quantitative estimate of drug-likeness (QED) is 0.288. The van der Waals surface area contributed by atoms with Gasteiger partial charge in [0.2, 0.25) is 5.91 Å². The second kappa shape index (κ2) is 11.6. The van der Waals surface area contributed by atoms with Crippen molar-refractivity contribution in [2.24, 2.45) is 0 Å². The fourth-order valence-corrected chi connectivity index (χ4v) is 4.34. The lowest BCUT2D eigenvalue weighted by atomic mass is 10.0. The van der Waals surface area contributed by atoms with E-state index >= 15 is 4.39 Å². The molecule has 0 spiro atoms. The van der Waals surface area contributed by atoms with Gasteiger partial charge in [-0.15, -0.1) is 0 Å². The number of nitrogens with one attached hydrogen (secondary N) is 1. The Labute approximate surface area is 215 Å². The van der Waals surface area contributed by atoms with Gasteiger partial charge < -0.3 is 5.32 Å². The Bertz CT molecular complexity index is 1370. The Hall–Kier alpha value is -4.32. The molecule has 0 radical (unpaired) electrons. The topological polar surface area (TPSA) is 49.4 Å². The molecule has 4 aromatic rings. The molecule has 0 fully saturated rings. The Morgan fingerprint density at radius 3 is 2.05 bits per heavy atom. The van der Waals surface area contributed by atoms with Crippen LogP contribution < -0.4 is 10.2 Å². The summed E-state index contributed by atoms with van der Waals surface area (Å²) in [7, 11) is 0. The van der Waals surface area contributed by atoms with Gasteiger partial charge in [-0.2, -0.15) is 0 Å². The monoisotopic (exact) mass is 498 g/mol. The molecule has 0 saturated carbocycles. The molecule has 0 bridgehead atoms. The molecular formula is C31H28F2N2O2. The number of aryl methyl sites for hydroxylation is 3. The van der Waals surface area contributed by atoms with Crippen LogP contribution in [0.5, 0.6) is 0 Å². The lowest BCUT2D eigenvalue weighted by molar-refractivity contribution is -0.117. The van der Waals surface area contributed by atoms with E-state index < -0.39 is 29.5 Å². The number of hydrogen-bond acceptors (Lipinski definition) is 2. The van der Waals surface area contributed by atoms with Crippen molar-refractivity contribution in [2.75, 3.05) is 10.2 Å². The van der Waals surface area contributed by atoms with E-state index in [4.69, 9.17) is 0 Å². The van der Waals surface area contributed by atoms with Crippen molar-refractivity contribution in [1.82, 2.24) is 0 Å². The third-order valence-corrected chi connectivity index (χ3v) is 6.31. The summed E-state index contributed by atoms with van der Waals surface area (Å²) in [4.78, 5) is 28.9. The predicted molar refractivity (Wildman–Crippen MR) is 143 cm³/mol. The first-order valence-electron chi connectivity index (χ1n) is 12.1. The molecule has 4 rings (SSSR count). The second-order valence-electron chi connectivity index (χ2n) is 8.93. The van der Waals surface area contributed by atoms with E-state index in [0.717, 1.165) is 16.7 Å². The molecule has 0 saturated heterocycles. The van der Waals surface area contributed by atoms with Gasteiger partial charge in [0.05, 0.1) is 5.69 Å². The third kappa shape index (κ3) is 6.09. The zero-order valence-electron chi connectivity index (χ0n) is 20.7. The standard InChI is InChI=1S/C31H28F2N2O2/c1-21-9-8-10-22(2)29(21)34-30(36)28(20-15-23-11-4-3-5-12-23)35(27-14-7-6-13-26(27)33)31(37)24-16-18-25(32)19-17-24/h3-14,16-19,28H,15,20H2,1-2H3,(H,34,36). The SMILES string of the molecule is Cc1cccc(C)c1NC(=O)C(CCc1ccccc1)N(C(=O)c1ccc(F)cc1)c1ccccc1F. The third-order valence-electron chi connectivity index (χ3n) is 6.31. The van der Waals surface area contributed by atoms with E-state index in [2.05, 4.69) is 5.32 Å². The minimum absolute atomic E-state index is 0.0217. The average molecular weight is 499 g/mol. The summed E-state index contributed by atoms with van der Waals surface area (Å²) < 4.78 is 28.7. The molecule has 1 N–H and O–H groups in total. The number of hydrogen-bond donors (Lipinski definition) is 1. The van der Waals surface area contributed by atoms with Crippen molar-refractivity contribution in [3.8, 4) is 0 Å². The lowest BCUT2D eigenvalue weighted by Gasteiger charge is -2.32. The number of halogens is 2. The predicted octanol–water partition coefficient (Wildman–Crippen LogP) is 6.87. The number of amides is 2. The van der Waals surface area contributed by atoms with Crippen molar-refractivity contribution in [1.29, 1.82) is 0 Å². The molecule has 2 amide bonds. The summed E-state index contributed by atoms with van der Waals surface area (Å²) in [6.45, 7) is 3.78. The van der Waals surface area contributed by atoms with Crippen molar-refractivity contribution in [3.05, 3.63) is 131 Å². The van der Waals surface area contributed by atoms with Crippen LogP contribution in [0.15, 0.2) is 97.1 Å². The molecular weight excluding hydrogens is 470 g/mol. The fourth-order valence-electron chi connectivity index (χ4n) is 4.34. The molecule has 0 heterocycles. The number of carbonyl (C=O) groups is 2. The molecule has 1 unspecified atom stereocenters. The normalized spacial score (nSPS) is 11.6.